The number of nitrogens with zero attached hydrogens (tertiary/aromatic N) is 1. The zero-order valence-corrected chi connectivity index (χ0v) is 17.5. The Morgan fingerprint density at radius 3 is 2.34 bits per heavy atom. The minimum absolute atomic E-state index is 0.0339. The van der Waals surface area contributed by atoms with Crippen LogP contribution in [0.25, 0.3) is 0 Å². The molecule has 5 nitrogen and oxygen atoms in total. The number of rotatable bonds is 4. The van der Waals surface area contributed by atoms with Crippen LogP contribution in [0, 0.1) is 5.92 Å². The molecule has 3 rings (SSSR count). The van der Waals surface area contributed by atoms with Gasteiger partial charge in [0.15, 0.2) is 15.9 Å². The molecule has 0 saturated carbocycles. The van der Waals surface area contributed by atoms with Gasteiger partial charge in [0.05, 0.1) is 21.8 Å². The molecule has 2 N–H and O–H groups in total. The van der Waals surface area contributed by atoms with E-state index in [4.69, 9.17) is 0 Å². The second kappa shape index (κ2) is 7.91. The molecular formula is C20H28F3N2O3S+. The van der Waals surface area contributed by atoms with Gasteiger partial charge in [0.25, 0.3) is 5.91 Å². The van der Waals surface area contributed by atoms with Crippen molar-refractivity contribution in [2.24, 2.45) is 5.92 Å². The third kappa shape index (κ3) is 4.30. The number of alkyl halides is 3. The monoisotopic (exact) mass is 433 g/mol. The van der Waals surface area contributed by atoms with Gasteiger partial charge in [-0.05, 0) is 50.8 Å². The Labute approximate surface area is 169 Å². The molecule has 2 heterocycles. The van der Waals surface area contributed by atoms with Crippen molar-refractivity contribution in [3.8, 4) is 0 Å². The van der Waals surface area contributed by atoms with E-state index < -0.39 is 26.3 Å². The predicted molar refractivity (Wildman–Crippen MR) is 102 cm³/mol. The highest BCUT2D eigenvalue weighted by Crippen LogP contribution is 2.39. The van der Waals surface area contributed by atoms with Gasteiger partial charge < -0.3 is 10.2 Å². The third-order valence-corrected chi connectivity index (χ3v) is 9.03. The average Bonchev–Trinajstić information content (AvgIpc) is 3.21. The van der Waals surface area contributed by atoms with Gasteiger partial charge in [0.2, 0.25) is 0 Å². The molecule has 0 unspecified atom stereocenters. The van der Waals surface area contributed by atoms with Crippen molar-refractivity contribution in [1.29, 1.82) is 0 Å². The molecule has 2 saturated heterocycles. The first kappa shape index (κ1) is 22.1. The van der Waals surface area contributed by atoms with Crippen molar-refractivity contribution < 1.29 is 31.7 Å². The van der Waals surface area contributed by atoms with Crippen LogP contribution in [0.5, 0.6) is 0 Å². The quantitative estimate of drug-likeness (QED) is 0.792. The summed E-state index contributed by atoms with van der Waals surface area (Å²) >= 11 is 0. The summed E-state index contributed by atoms with van der Waals surface area (Å²) in [6, 6.07) is 3.90. The van der Waals surface area contributed by atoms with E-state index >= 15 is 0 Å². The smallest absolute Gasteiger partial charge is 0.338 e. The molecule has 0 aliphatic carbocycles. The normalized spacial score (nSPS) is 22.1. The molecule has 9 heteroatoms. The molecule has 1 aromatic carbocycles. The van der Waals surface area contributed by atoms with Gasteiger partial charge in [-0.3, -0.25) is 4.79 Å². The van der Waals surface area contributed by atoms with E-state index in [0.717, 1.165) is 31.5 Å². The summed E-state index contributed by atoms with van der Waals surface area (Å²) in [4.78, 5) is 14.1. The summed E-state index contributed by atoms with van der Waals surface area (Å²) in [6.45, 7) is 5.07. The van der Waals surface area contributed by atoms with Crippen LogP contribution < -0.4 is 5.32 Å². The molecule has 0 bridgehead atoms. The average molecular weight is 434 g/mol. The van der Waals surface area contributed by atoms with Crippen molar-refractivity contribution in [3.63, 3.8) is 0 Å². The summed E-state index contributed by atoms with van der Waals surface area (Å²) < 4.78 is 64.2. The van der Waals surface area contributed by atoms with Gasteiger partial charge in [-0.15, -0.1) is 0 Å². The first-order chi connectivity index (χ1) is 13.4. The Balaban J connectivity index is 1.74. The Hall–Kier alpha value is -1.61. The van der Waals surface area contributed by atoms with E-state index in [0.29, 0.717) is 32.0 Å². The Morgan fingerprint density at radius 2 is 1.79 bits per heavy atom. The zero-order valence-electron chi connectivity index (χ0n) is 16.7. The molecule has 162 valence electrons. The van der Waals surface area contributed by atoms with Crippen LogP contribution in [0.1, 0.15) is 45.1 Å². The first-order valence-electron chi connectivity index (χ1n) is 9.98. The van der Waals surface area contributed by atoms with Crippen LogP contribution >= 0.6 is 0 Å². The lowest BCUT2D eigenvalue weighted by molar-refractivity contribution is -0.658. The van der Waals surface area contributed by atoms with Crippen LogP contribution in [-0.2, 0) is 20.8 Å². The van der Waals surface area contributed by atoms with Crippen molar-refractivity contribution in [3.05, 3.63) is 29.8 Å². The van der Waals surface area contributed by atoms with Gasteiger partial charge in [-0.25, -0.2) is 8.42 Å². The van der Waals surface area contributed by atoms with Gasteiger partial charge in [-0.2, -0.15) is 13.2 Å². The highest BCUT2D eigenvalue weighted by molar-refractivity contribution is 7.92. The van der Waals surface area contributed by atoms with Gasteiger partial charge in [0, 0.05) is 25.9 Å². The topological polar surface area (TPSA) is 71.1 Å². The molecular weight excluding hydrogens is 405 g/mol. The lowest BCUT2D eigenvalue weighted by Gasteiger charge is -2.40. The van der Waals surface area contributed by atoms with E-state index in [9.17, 15) is 26.4 Å². The number of quaternary nitrogens is 1. The molecule has 1 aromatic rings. The van der Waals surface area contributed by atoms with Crippen LogP contribution in [0.15, 0.2) is 29.2 Å². The van der Waals surface area contributed by atoms with Crippen LogP contribution in [-0.4, -0.2) is 49.6 Å². The predicted octanol–water partition coefficient (Wildman–Crippen LogP) is 2.22. The lowest BCUT2D eigenvalue weighted by atomic mass is 9.85. The zero-order chi connectivity index (χ0) is 21.4. The maximum atomic E-state index is 13.2. The van der Waals surface area contributed by atoms with E-state index in [2.05, 4.69) is 5.32 Å². The van der Waals surface area contributed by atoms with Crippen molar-refractivity contribution in [2.75, 3.05) is 19.6 Å². The summed E-state index contributed by atoms with van der Waals surface area (Å²) in [5.74, 6) is -0.127. The summed E-state index contributed by atoms with van der Waals surface area (Å²) in [6.07, 6.45) is -1.67. The standard InChI is InChI=1S/C20H27F3N2O3S/c1-19(2,29(27,28)16-6-3-5-15(13-16)20(21,22)23)14-8-11-25(12-9-14)18(26)17-7-4-10-24-17/h3,5-6,13-14,17,24H,4,7-12H2,1-2H3/p+1/t17-/m1/s1. The maximum Gasteiger partial charge on any atom is 0.416 e. The number of carbonyl (C=O) groups excluding carboxylic acids is 1. The van der Waals surface area contributed by atoms with E-state index in [1.807, 2.05) is 0 Å². The highest BCUT2D eigenvalue weighted by atomic mass is 32.2. The van der Waals surface area contributed by atoms with Gasteiger partial charge >= 0.3 is 6.18 Å². The van der Waals surface area contributed by atoms with Gasteiger partial charge in [0.1, 0.15) is 0 Å². The van der Waals surface area contributed by atoms with E-state index in [1.54, 1.807) is 18.7 Å². The number of hydrogen-bond donors (Lipinski definition) is 1. The second-order valence-electron chi connectivity index (χ2n) is 8.51. The molecule has 29 heavy (non-hydrogen) atoms. The molecule has 0 spiro atoms. The fourth-order valence-electron chi connectivity index (χ4n) is 4.39. The second-order valence-corrected chi connectivity index (χ2v) is 11.0. The highest BCUT2D eigenvalue weighted by Gasteiger charge is 2.45. The SMILES string of the molecule is CC(C)(C1CCN(C(=O)[C@H]2CCC[NH2+]2)CC1)S(=O)(=O)c1cccc(C(F)(F)F)c1. The van der Waals surface area contributed by atoms with Crippen LogP contribution in [0.4, 0.5) is 13.2 Å². The molecule has 0 radical (unpaired) electrons. The fraction of sp³-hybridized carbons (Fsp3) is 0.650. The van der Waals surface area contributed by atoms with Crippen molar-refractivity contribution in [2.45, 2.75) is 61.4 Å². The van der Waals surface area contributed by atoms with Crippen molar-refractivity contribution >= 4 is 15.7 Å². The number of piperidine rings is 1. The number of hydrogen-bond acceptors (Lipinski definition) is 3. The Kier molecular flexibility index (Phi) is 6.02. The number of likely N-dealkylation sites (tertiary alicyclic amines) is 1. The van der Waals surface area contributed by atoms with Crippen molar-refractivity contribution in [1.82, 2.24) is 4.90 Å². The summed E-state index contributed by atoms with van der Waals surface area (Å²) in [7, 11) is -3.98. The molecule has 0 aromatic heterocycles. The minimum Gasteiger partial charge on any atom is -0.338 e. The minimum atomic E-state index is -4.60. The Bertz CT molecular complexity index is 854. The number of amides is 1. The number of carbonyl (C=O) groups is 1. The molecule has 1 amide bonds. The number of halogens is 3. The first-order valence-corrected chi connectivity index (χ1v) is 11.5. The molecule has 1 atom stereocenters. The van der Waals surface area contributed by atoms with Gasteiger partial charge in [-0.1, -0.05) is 6.07 Å². The molecule has 2 aliphatic rings. The number of benzene rings is 1. The number of sulfone groups is 1. The molecule has 2 aliphatic heterocycles. The van der Waals surface area contributed by atoms with E-state index in [-0.39, 0.29) is 22.8 Å². The maximum absolute atomic E-state index is 13.2. The van der Waals surface area contributed by atoms with E-state index in [1.165, 1.54) is 6.07 Å². The van der Waals surface area contributed by atoms with Crippen LogP contribution in [0.2, 0.25) is 0 Å². The fourth-order valence-corrected chi connectivity index (χ4v) is 6.21. The molecule has 2 fully saturated rings. The number of nitrogens with two attached hydrogens (primary N) is 1. The largest absolute Gasteiger partial charge is 0.416 e. The third-order valence-electron chi connectivity index (χ3n) is 6.44. The lowest BCUT2D eigenvalue weighted by Crippen LogP contribution is -2.89. The summed E-state index contributed by atoms with van der Waals surface area (Å²) in [5, 5.41) is 2.05. The Morgan fingerprint density at radius 1 is 1.14 bits per heavy atom. The summed E-state index contributed by atoms with van der Waals surface area (Å²) in [5.41, 5.74) is -0.970. The van der Waals surface area contributed by atoms with Crippen LogP contribution in [0.3, 0.4) is 0 Å².